The molecule has 0 saturated carbocycles. The van der Waals surface area contributed by atoms with Crippen LogP contribution in [-0.2, 0) is 37.4 Å². The van der Waals surface area contributed by atoms with Crippen LogP contribution in [0.15, 0.2) is 90.0 Å². The highest BCUT2D eigenvalue weighted by Crippen LogP contribution is 2.21. The summed E-state index contributed by atoms with van der Waals surface area (Å²) in [6, 6.07) is 20.4. The largest absolute Gasteiger partial charge is 0.480 e. The Kier molecular flexibility index (Phi) is 12.9. The van der Waals surface area contributed by atoms with Gasteiger partial charge in [0.2, 0.25) is 15.9 Å². The van der Waals surface area contributed by atoms with Crippen LogP contribution in [0.4, 0.5) is 9.59 Å². The molecule has 1 aliphatic heterocycles. The van der Waals surface area contributed by atoms with E-state index in [4.69, 9.17) is 4.74 Å². The van der Waals surface area contributed by atoms with Gasteiger partial charge in [-0.25, -0.2) is 22.8 Å². The summed E-state index contributed by atoms with van der Waals surface area (Å²) in [5.74, 6) is -1.90. The van der Waals surface area contributed by atoms with Gasteiger partial charge >= 0.3 is 18.1 Å². The number of amides is 4. The zero-order valence-electron chi connectivity index (χ0n) is 28.9. The minimum absolute atomic E-state index is 0.0731. The van der Waals surface area contributed by atoms with Gasteiger partial charge in [0.25, 0.3) is 0 Å². The number of carbonyl (C=O) groups excluding carboxylic acids is 3. The predicted molar refractivity (Wildman–Crippen MR) is 194 cm³/mol. The van der Waals surface area contributed by atoms with E-state index in [2.05, 4.69) is 20.9 Å². The molecule has 4 aromatic rings. The van der Waals surface area contributed by atoms with Crippen molar-refractivity contribution in [2.45, 2.75) is 56.2 Å². The fourth-order valence-electron chi connectivity index (χ4n) is 5.93. The quantitative estimate of drug-likeness (QED) is 0.114. The number of aliphatic carboxylic acids is 1. The Bertz CT molecular complexity index is 1940. The lowest BCUT2D eigenvalue weighted by Crippen LogP contribution is -2.58. The van der Waals surface area contributed by atoms with Crippen LogP contribution < -0.4 is 16.0 Å². The van der Waals surface area contributed by atoms with Crippen molar-refractivity contribution in [1.29, 1.82) is 0 Å². The first-order valence-electron chi connectivity index (χ1n) is 17.2. The second kappa shape index (κ2) is 17.7. The molecule has 14 nitrogen and oxygen atoms in total. The second-order valence-electron chi connectivity index (χ2n) is 12.7. The Morgan fingerprint density at radius 3 is 2.27 bits per heavy atom. The van der Waals surface area contributed by atoms with Gasteiger partial charge in [0.05, 0.1) is 4.90 Å². The minimum Gasteiger partial charge on any atom is -0.480 e. The maximum Gasteiger partial charge on any atom is 0.407 e. The third-order valence-electron chi connectivity index (χ3n) is 8.91. The Morgan fingerprint density at radius 1 is 0.865 bits per heavy atom. The first-order chi connectivity index (χ1) is 25.0. The lowest BCUT2D eigenvalue weighted by atomic mass is 10.0. The van der Waals surface area contributed by atoms with Gasteiger partial charge in [-0.05, 0) is 55.5 Å². The van der Waals surface area contributed by atoms with Crippen LogP contribution in [0.3, 0.4) is 0 Å². The number of aryl methyl sites for hydroxylation is 1. The molecule has 2 atom stereocenters. The van der Waals surface area contributed by atoms with Crippen molar-refractivity contribution in [1.82, 2.24) is 30.1 Å². The topological polar surface area (TPSA) is 190 Å². The van der Waals surface area contributed by atoms with Crippen molar-refractivity contribution >= 4 is 44.9 Å². The van der Waals surface area contributed by atoms with Crippen molar-refractivity contribution in [2.24, 2.45) is 0 Å². The van der Waals surface area contributed by atoms with Crippen LogP contribution >= 0.6 is 0 Å². The van der Waals surface area contributed by atoms with Gasteiger partial charge in [-0.2, -0.15) is 4.31 Å². The van der Waals surface area contributed by atoms with Gasteiger partial charge in [-0.1, -0.05) is 66.2 Å². The minimum atomic E-state index is -3.75. The SMILES string of the molecule is Cc1ccc(S(=O)(=O)N2CCN(C(=O)NC(Cc3c[nH]c4ccccc34)C(=O)NC(CCCCNC(=O)OCc3ccccc3)C(=O)O)CC2)cc1. The molecular weight excluding hydrogens is 689 g/mol. The average Bonchev–Trinajstić information content (AvgIpc) is 3.56. The number of carboxylic acid groups (broad SMARTS) is 1. The number of hydrogen-bond acceptors (Lipinski definition) is 7. The summed E-state index contributed by atoms with van der Waals surface area (Å²) < 4.78 is 32.9. The number of carboxylic acids is 1. The normalized spacial score (nSPS) is 14.7. The maximum absolute atomic E-state index is 13.7. The molecule has 52 heavy (non-hydrogen) atoms. The third-order valence-corrected chi connectivity index (χ3v) is 10.8. The standard InChI is InChI=1S/C37H44N6O8S/c1-26-14-16-29(17-15-26)52(49,50)43-21-19-42(20-22-43)36(47)41-33(23-28-24-39-31-12-6-5-11-30(28)31)34(44)40-32(35(45)46)13-7-8-18-38-37(48)51-25-27-9-3-2-4-10-27/h2-6,9-12,14-17,24,32-33,39H,7-8,13,18-23,25H2,1H3,(H,38,48)(H,40,44)(H,41,47)(H,45,46). The molecule has 0 spiro atoms. The van der Waals surface area contributed by atoms with E-state index in [1.165, 1.54) is 9.21 Å². The molecule has 3 aromatic carbocycles. The fourth-order valence-corrected chi connectivity index (χ4v) is 7.35. The summed E-state index contributed by atoms with van der Waals surface area (Å²) in [4.78, 5) is 56.2. The number of benzene rings is 3. The van der Waals surface area contributed by atoms with Crippen LogP contribution in [0.5, 0.6) is 0 Å². The van der Waals surface area contributed by atoms with E-state index in [0.29, 0.717) is 12.8 Å². The number of alkyl carbamates (subject to hydrolysis) is 1. The monoisotopic (exact) mass is 732 g/mol. The number of para-hydroxylation sites is 1. The zero-order chi connectivity index (χ0) is 37.1. The molecule has 0 radical (unpaired) electrons. The van der Waals surface area contributed by atoms with E-state index in [9.17, 15) is 32.7 Å². The molecule has 0 aliphatic carbocycles. The van der Waals surface area contributed by atoms with Crippen molar-refractivity contribution in [3.05, 3.63) is 102 Å². The number of rotatable bonds is 15. The number of carbonyl (C=O) groups is 4. The summed E-state index contributed by atoms with van der Waals surface area (Å²) in [6.45, 7) is 2.60. The van der Waals surface area contributed by atoms with Gasteiger partial charge < -0.3 is 35.7 Å². The Labute approximate surface area is 302 Å². The number of urea groups is 1. The molecule has 1 aliphatic rings. The number of nitrogens with one attached hydrogen (secondary N) is 4. The summed E-state index contributed by atoms with van der Waals surface area (Å²) in [7, 11) is -3.75. The van der Waals surface area contributed by atoms with E-state index < -0.39 is 46.1 Å². The number of nitrogens with zero attached hydrogens (tertiary/aromatic N) is 2. The van der Waals surface area contributed by atoms with Crippen LogP contribution in [0.25, 0.3) is 10.9 Å². The van der Waals surface area contributed by atoms with Crippen molar-refractivity contribution in [3.8, 4) is 0 Å². The Morgan fingerprint density at radius 2 is 1.56 bits per heavy atom. The van der Waals surface area contributed by atoms with Gasteiger partial charge in [0.1, 0.15) is 18.7 Å². The smallest absolute Gasteiger partial charge is 0.407 e. The summed E-state index contributed by atoms with van der Waals surface area (Å²) >= 11 is 0. The Balaban J connectivity index is 1.17. The molecule has 5 N–H and O–H groups in total. The average molecular weight is 733 g/mol. The maximum atomic E-state index is 13.7. The molecule has 0 bridgehead atoms. The van der Waals surface area contributed by atoms with Crippen molar-refractivity contribution < 1.29 is 37.4 Å². The van der Waals surface area contributed by atoms with Gasteiger partial charge in [-0.15, -0.1) is 0 Å². The highest BCUT2D eigenvalue weighted by molar-refractivity contribution is 7.89. The molecule has 1 saturated heterocycles. The van der Waals surface area contributed by atoms with Crippen molar-refractivity contribution in [2.75, 3.05) is 32.7 Å². The molecule has 5 rings (SSSR count). The molecular formula is C37H44N6O8S. The number of ether oxygens (including phenoxy) is 1. The van der Waals surface area contributed by atoms with Crippen LogP contribution in [0.1, 0.15) is 36.0 Å². The van der Waals surface area contributed by atoms with E-state index in [1.54, 1.807) is 30.5 Å². The van der Waals surface area contributed by atoms with Gasteiger partial charge in [-0.3, -0.25) is 4.79 Å². The van der Waals surface area contributed by atoms with Crippen LogP contribution in [-0.4, -0.2) is 96.5 Å². The van der Waals surface area contributed by atoms with Gasteiger partial charge in [0.15, 0.2) is 0 Å². The number of H-pyrrole nitrogens is 1. The van der Waals surface area contributed by atoms with E-state index in [0.717, 1.165) is 27.6 Å². The number of piperazine rings is 1. The number of hydrogen-bond donors (Lipinski definition) is 5. The van der Waals surface area contributed by atoms with E-state index in [-0.39, 0.29) is 57.1 Å². The molecule has 1 fully saturated rings. The zero-order valence-corrected chi connectivity index (χ0v) is 29.7. The molecule has 4 amide bonds. The second-order valence-corrected chi connectivity index (χ2v) is 14.6. The van der Waals surface area contributed by atoms with Gasteiger partial charge in [0, 0.05) is 56.2 Å². The lowest BCUT2D eigenvalue weighted by molar-refractivity contribution is -0.142. The highest BCUT2D eigenvalue weighted by atomic mass is 32.2. The number of aromatic amines is 1. The predicted octanol–water partition coefficient (Wildman–Crippen LogP) is 3.77. The highest BCUT2D eigenvalue weighted by Gasteiger charge is 2.33. The van der Waals surface area contributed by atoms with Crippen molar-refractivity contribution in [3.63, 3.8) is 0 Å². The first kappa shape index (κ1) is 37.8. The van der Waals surface area contributed by atoms with E-state index >= 15 is 0 Å². The lowest BCUT2D eigenvalue weighted by Gasteiger charge is -2.35. The number of aromatic nitrogens is 1. The summed E-state index contributed by atoms with van der Waals surface area (Å²) in [5, 5.41) is 18.8. The van der Waals surface area contributed by atoms with Crippen LogP contribution in [0.2, 0.25) is 0 Å². The first-order valence-corrected chi connectivity index (χ1v) is 18.6. The number of fused-ring (bicyclic) bond motifs is 1. The molecule has 1 aromatic heterocycles. The number of unbranched alkanes of at least 4 members (excludes halogenated alkanes) is 1. The number of sulfonamides is 1. The fraction of sp³-hybridized carbons (Fsp3) is 0.351. The summed E-state index contributed by atoms with van der Waals surface area (Å²) in [6.07, 6.45) is 2.15. The van der Waals surface area contributed by atoms with E-state index in [1.807, 2.05) is 61.5 Å². The molecule has 276 valence electrons. The third kappa shape index (κ3) is 10.1. The van der Waals surface area contributed by atoms with Crippen LogP contribution in [0, 0.1) is 6.92 Å². The molecule has 2 unspecified atom stereocenters. The Hall–Kier alpha value is -5.41. The summed E-state index contributed by atoms with van der Waals surface area (Å²) in [5.41, 5.74) is 3.38. The molecule has 2 heterocycles. The molecule has 15 heteroatoms.